The van der Waals surface area contributed by atoms with E-state index in [1.165, 1.54) is 27.1 Å². The van der Waals surface area contributed by atoms with Crippen molar-refractivity contribution < 1.29 is 9.53 Å². The summed E-state index contributed by atoms with van der Waals surface area (Å²) >= 11 is 5.31. The standard InChI is InChI=1S/C18H15ClO2/c1-12(21-18(19)20)10-17-15-8-4-2-6-13(15)11-14-7-3-5-9-16(14)17/h2-9,11-12H,10H2,1H3/t12-/m0/s1. The highest BCUT2D eigenvalue weighted by atomic mass is 35.5. The third-order valence-corrected chi connectivity index (χ3v) is 3.76. The van der Waals surface area contributed by atoms with E-state index >= 15 is 0 Å². The van der Waals surface area contributed by atoms with Crippen molar-refractivity contribution in [1.82, 2.24) is 0 Å². The minimum Gasteiger partial charge on any atom is -0.450 e. The van der Waals surface area contributed by atoms with Crippen LogP contribution < -0.4 is 0 Å². The Labute approximate surface area is 128 Å². The highest BCUT2D eigenvalue weighted by molar-refractivity contribution is 6.61. The number of carbonyl (C=O) groups excluding carboxylic acids is 1. The van der Waals surface area contributed by atoms with Crippen LogP contribution in [0.1, 0.15) is 12.5 Å². The van der Waals surface area contributed by atoms with Gasteiger partial charge < -0.3 is 4.74 Å². The van der Waals surface area contributed by atoms with Gasteiger partial charge in [-0.3, -0.25) is 0 Å². The highest BCUT2D eigenvalue weighted by Crippen LogP contribution is 2.29. The number of ether oxygens (including phenoxy) is 1. The Bertz CT molecular complexity index is 757. The number of halogens is 1. The fourth-order valence-electron chi connectivity index (χ4n) is 2.82. The van der Waals surface area contributed by atoms with Gasteiger partial charge in [0.2, 0.25) is 0 Å². The van der Waals surface area contributed by atoms with Gasteiger partial charge in [0, 0.05) is 18.0 Å². The molecule has 0 aliphatic rings. The highest BCUT2D eigenvalue weighted by Gasteiger charge is 2.13. The van der Waals surface area contributed by atoms with Gasteiger partial charge in [0.05, 0.1) is 0 Å². The van der Waals surface area contributed by atoms with E-state index in [1.807, 2.05) is 31.2 Å². The van der Waals surface area contributed by atoms with Crippen LogP contribution in [0.5, 0.6) is 0 Å². The van der Waals surface area contributed by atoms with Crippen molar-refractivity contribution in [3.05, 3.63) is 60.2 Å². The molecule has 21 heavy (non-hydrogen) atoms. The Morgan fingerprint density at radius 1 is 1.05 bits per heavy atom. The van der Waals surface area contributed by atoms with E-state index in [0.717, 1.165) is 0 Å². The Morgan fingerprint density at radius 2 is 1.57 bits per heavy atom. The molecule has 0 fully saturated rings. The molecule has 3 aromatic rings. The van der Waals surface area contributed by atoms with Gasteiger partial charge in [-0.15, -0.1) is 0 Å². The van der Waals surface area contributed by atoms with Gasteiger partial charge in [-0.05, 0) is 40.1 Å². The summed E-state index contributed by atoms with van der Waals surface area (Å²) in [5, 5.41) is 4.76. The number of fused-ring (bicyclic) bond motifs is 2. The van der Waals surface area contributed by atoms with Crippen LogP contribution in [0.15, 0.2) is 54.6 Å². The lowest BCUT2D eigenvalue weighted by Crippen LogP contribution is -2.13. The fraction of sp³-hybridized carbons (Fsp3) is 0.167. The van der Waals surface area contributed by atoms with Gasteiger partial charge in [-0.1, -0.05) is 48.5 Å². The molecule has 0 aliphatic carbocycles. The zero-order valence-corrected chi connectivity index (χ0v) is 12.4. The van der Waals surface area contributed by atoms with E-state index in [9.17, 15) is 4.79 Å². The lowest BCUT2D eigenvalue weighted by Gasteiger charge is -2.15. The minimum atomic E-state index is -0.757. The normalized spacial score (nSPS) is 12.5. The largest absolute Gasteiger partial charge is 0.450 e. The molecule has 3 rings (SSSR count). The third kappa shape index (κ3) is 2.86. The second kappa shape index (κ2) is 5.74. The molecule has 0 saturated carbocycles. The number of benzene rings is 3. The summed E-state index contributed by atoms with van der Waals surface area (Å²) in [6.45, 7) is 1.86. The smallest absolute Gasteiger partial charge is 0.404 e. The third-order valence-electron chi connectivity index (χ3n) is 3.67. The average Bonchev–Trinajstić information content (AvgIpc) is 2.46. The molecule has 0 unspecified atom stereocenters. The van der Waals surface area contributed by atoms with Gasteiger partial charge in [-0.2, -0.15) is 0 Å². The molecule has 2 nitrogen and oxygen atoms in total. The van der Waals surface area contributed by atoms with Gasteiger partial charge in [0.25, 0.3) is 0 Å². The van der Waals surface area contributed by atoms with Crippen molar-refractivity contribution in [2.75, 3.05) is 0 Å². The maximum atomic E-state index is 10.9. The lowest BCUT2D eigenvalue weighted by atomic mass is 9.93. The number of rotatable bonds is 3. The Kier molecular flexibility index (Phi) is 3.80. The molecule has 0 aromatic heterocycles. The average molecular weight is 299 g/mol. The molecule has 0 amide bonds. The molecule has 0 N–H and O–H groups in total. The number of carbonyl (C=O) groups is 1. The van der Waals surface area contributed by atoms with E-state index < -0.39 is 5.43 Å². The van der Waals surface area contributed by atoms with Crippen LogP contribution in [0.4, 0.5) is 4.79 Å². The van der Waals surface area contributed by atoms with Crippen LogP contribution in [0, 0.1) is 0 Å². The first-order valence-corrected chi connectivity index (χ1v) is 7.28. The summed E-state index contributed by atoms with van der Waals surface area (Å²) in [5.41, 5.74) is 0.432. The van der Waals surface area contributed by atoms with Gasteiger partial charge in [-0.25, -0.2) is 4.79 Å². The first-order chi connectivity index (χ1) is 10.1. The molecule has 0 heterocycles. The van der Waals surface area contributed by atoms with Crippen molar-refractivity contribution in [2.24, 2.45) is 0 Å². The van der Waals surface area contributed by atoms with Crippen LogP contribution in [0.25, 0.3) is 21.5 Å². The molecule has 1 atom stereocenters. The molecule has 3 heteroatoms. The van der Waals surface area contributed by atoms with E-state index in [-0.39, 0.29) is 6.10 Å². The Balaban J connectivity index is 2.18. The molecule has 0 spiro atoms. The summed E-state index contributed by atoms with van der Waals surface area (Å²) in [6.07, 6.45) is 0.379. The second-order valence-corrected chi connectivity index (χ2v) is 5.48. The van der Waals surface area contributed by atoms with E-state index in [0.29, 0.717) is 6.42 Å². The molecule has 3 aromatic carbocycles. The van der Waals surface area contributed by atoms with Gasteiger partial charge in [0.15, 0.2) is 0 Å². The fourth-order valence-corrected chi connectivity index (χ4v) is 2.97. The Hall–Kier alpha value is -2.06. The van der Waals surface area contributed by atoms with Crippen LogP contribution in [-0.2, 0) is 11.2 Å². The molecule has 0 saturated heterocycles. The van der Waals surface area contributed by atoms with Gasteiger partial charge >= 0.3 is 5.43 Å². The molecule has 0 bridgehead atoms. The molecule has 0 aliphatic heterocycles. The van der Waals surface area contributed by atoms with E-state index in [2.05, 4.69) is 30.3 Å². The topological polar surface area (TPSA) is 26.3 Å². The first-order valence-electron chi connectivity index (χ1n) is 6.90. The minimum absolute atomic E-state index is 0.260. The van der Waals surface area contributed by atoms with Crippen molar-refractivity contribution in [3.63, 3.8) is 0 Å². The molecule has 106 valence electrons. The van der Waals surface area contributed by atoms with Crippen LogP contribution in [0.3, 0.4) is 0 Å². The summed E-state index contributed by atoms with van der Waals surface area (Å²) in [4.78, 5) is 10.9. The molecular weight excluding hydrogens is 284 g/mol. The van der Waals surface area contributed by atoms with Crippen molar-refractivity contribution >= 4 is 38.6 Å². The summed E-state index contributed by atoms with van der Waals surface area (Å²) in [5.74, 6) is 0. The Morgan fingerprint density at radius 3 is 2.10 bits per heavy atom. The number of hydrogen-bond donors (Lipinski definition) is 0. The second-order valence-electron chi connectivity index (χ2n) is 5.17. The van der Waals surface area contributed by atoms with Gasteiger partial charge in [0.1, 0.15) is 6.10 Å². The predicted octanol–water partition coefficient (Wildman–Crippen LogP) is 5.30. The maximum absolute atomic E-state index is 10.9. The van der Waals surface area contributed by atoms with Crippen LogP contribution in [-0.4, -0.2) is 11.5 Å². The molecule has 0 radical (unpaired) electrons. The summed E-state index contributed by atoms with van der Waals surface area (Å²) < 4.78 is 5.08. The van der Waals surface area contributed by atoms with Crippen molar-refractivity contribution in [1.29, 1.82) is 0 Å². The quantitative estimate of drug-likeness (QED) is 0.484. The summed E-state index contributed by atoms with van der Waals surface area (Å²) in [7, 11) is 0. The number of hydrogen-bond acceptors (Lipinski definition) is 2. The van der Waals surface area contributed by atoms with Crippen molar-refractivity contribution in [3.8, 4) is 0 Å². The SMILES string of the molecule is C[C@@H](Cc1c2ccccc2cc2ccccc12)OC(=O)Cl. The predicted molar refractivity (Wildman–Crippen MR) is 87.0 cm³/mol. The van der Waals surface area contributed by atoms with Crippen molar-refractivity contribution in [2.45, 2.75) is 19.4 Å². The van der Waals surface area contributed by atoms with Crippen LogP contribution in [0.2, 0.25) is 0 Å². The maximum Gasteiger partial charge on any atom is 0.404 e. The lowest BCUT2D eigenvalue weighted by molar-refractivity contribution is 0.132. The van der Waals surface area contributed by atoms with E-state index in [1.54, 1.807) is 0 Å². The van der Waals surface area contributed by atoms with Crippen LogP contribution >= 0.6 is 11.6 Å². The van der Waals surface area contributed by atoms with E-state index in [4.69, 9.17) is 16.3 Å². The zero-order valence-electron chi connectivity index (χ0n) is 11.7. The zero-order chi connectivity index (χ0) is 14.8. The summed E-state index contributed by atoms with van der Waals surface area (Å²) in [6, 6.07) is 18.7. The first kappa shape index (κ1) is 13.9. The molecular formula is C18H15ClO2. The monoisotopic (exact) mass is 298 g/mol.